The predicted molar refractivity (Wildman–Crippen MR) is 103 cm³/mol. The van der Waals surface area contributed by atoms with E-state index < -0.39 is 0 Å². The first-order valence-corrected chi connectivity index (χ1v) is 9.03. The molecule has 4 nitrogen and oxygen atoms in total. The van der Waals surface area contributed by atoms with E-state index in [1.165, 1.54) is 16.2 Å². The number of thiazole rings is 1. The number of hydrogen-bond acceptors (Lipinski definition) is 4. The van der Waals surface area contributed by atoms with Crippen molar-refractivity contribution < 1.29 is 9.59 Å². The molecule has 2 heterocycles. The van der Waals surface area contributed by atoms with Crippen LogP contribution in [-0.2, 0) is 0 Å². The van der Waals surface area contributed by atoms with Crippen molar-refractivity contribution in [3.63, 3.8) is 0 Å². The maximum absolute atomic E-state index is 13.0. The lowest BCUT2D eigenvalue weighted by atomic mass is 9.94. The van der Waals surface area contributed by atoms with Crippen molar-refractivity contribution in [1.82, 2.24) is 4.98 Å². The lowest BCUT2D eigenvalue weighted by Crippen LogP contribution is -2.40. The second kappa shape index (κ2) is 5.61. The molecule has 1 aliphatic rings. The van der Waals surface area contributed by atoms with E-state index in [0.717, 1.165) is 22.0 Å². The standard InChI is InChI=1S/C21H12N2O2S/c24-19-15-10-4-8-14-9-5-11-16(18(14)15)20(25)23(19)21-22-17(12-26-21)13-6-2-1-3-7-13/h1-12H. The van der Waals surface area contributed by atoms with E-state index >= 15 is 0 Å². The molecule has 0 bridgehead atoms. The highest BCUT2D eigenvalue weighted by atomic mass is 32.1. The molecule has 0 spiro atoms. The highest BCUT2D eigenvalue weighted by Crippen LogP contribution is 2.35. The Kier molecular flexibility index (Phi) is 3.23. The van der Waals surface area contributed by atoms with Crippen LogP contribution < -0.4 is 4.90 Å². The first-order chi connectivity index (χ1) is 12.7. The van der Waals surface area contributed by atoms with Gasteiger partial charge in [-0.05, 0) is 17.5 Å². The maximum Gasteiger partial charge on any atom is 0.267 e. The molecular formula is C21H12N2O2S. The SMILES string of the molecule is O=C1c2cccc3cccc(c23)C(=O)N1c1nc(-c2ccccc2)cs1. The summed E-state index contributed by atoms with van der Waals surface area (Å²) >= 11 is 1.30. The van der Waals surface area contributed by atoms with Crippen molar-refractivity contribution in [3.05, 3.63) is 83.2 Å². The molecule has 0 aliphatic carbocycles. The molecule has 5 heteroatoms. The van der Waals surface area contributed by atoms with Crippen LogP contribution in [0.3, 0.4) is 0 Å². The minimum absolute atomic E-state index is 0.326. The first-order valence-electron chi connectivity index (χ1n) is 8.15. The average molecular weight is 356 g/mol. The molecule has 5 rings (SSSR count). The third-order valence-electron chi connectivity index (χ3n) is 4.52. The Morgan fingerprint density at radius 1 is 0.769 bits per heavy atom. The molecule has 124 valence electrons. The Morgan fingerprint density at radius 2 is 1.42 bits per heavy atom. The van der Waals surface area contributed by atoms with Gasteiger partial charge in [0, 0.05) is 27.5 Å². The van der Waals surface area contributed by atoms with E-state index in [1.807, 2.05) is 60.0 Å². The Hall–Kier alpha value is -3.31. The lowest BCUT2D eigenvalue weighted by molar-refractivity contribution is 0.0893. The number of benzene rings is 3. The summed E-state index contributed by atoms with van der Waals surface area (Å²) < 4.78 is 0. The van der Waals surface area contributed by atoms with Gasteiger partial charge < -0.3 is 0 Å². The third kappa shape index (κ3) is 2.11. The van der Waals surface area contributed by atoms with Crippen LogP contribution in [0.2, 0.25) is 0 Å². The Morgan fingerprint density at radius 3 is 2.08 bits per heavy atom. The van der Waals surface area contributed by atoms with Gasteiger partial charge in [0.2, 0.25) is 0 Å². The fourth-order valence-corrected chi connectivity index (χ4v) is 4.14. The molecule has 1 aromatic heterocycles. The largest absolute Gasteiger partial charge is 0.268 e. The summed E-state index contributed by atoms with van der Waals surface area (Å²) in [7, 11) is 0. The number of hydrogen-bond donors (Lipinski definition) is 0. The van der Waals surface area contributed by atoms with Gasteiger partial charge in [-0.2, -0.15) is 0 Å². The van der Waals surface area contributed by atoms with Crippen LogP contribution in [0.15, 0.2) is 72.1 Å². The molecule has 0 unspecified atom stereocenters. The van der Waals surface area contributed by atoms with Crippen LogP contribution in [0, 0.1) is 0 Å². The third-order valence-corrected chi connectivity index (χ3v) is 5.35. The first kappa shape index (κ1) is 15.0. The minimum atomic E-state index is -0.326. The van der Waals surface area contributed by atoms with Gasteiger partial charge in [-0.1, -0.05) is 54.6 Å². The Balaban J connectivity index is 1.65. The van der Waals surface area contributed by atoms with Crippen LogP contribution in [0.1, 0.15) is 20.7 Å². The van der Waals surface area contributed by atoms with E-state index in [1.54, 1.807) is 12.1 Å². The van der Waals surface area contributed by atoms with E-state index in [-0.39, 0.29) is 11.8 Å². The molecule has 4 aromatic rings. The van der Waals surface area contributed by atoms with Crippen molar-refractivity contribution in [2.45, 2.75) is 0 Å². The predicted octanol–water partition coefficient (Wildman–Crippen LogP) is 4.76. The quantitative estimate of drug-likeness (QED) is 0.486. The molecular weight excluding hydrogens is 344 g/mol. The monoisotopic (exact) mass is 356 g/mol. The van der Waals surface area contributed by atoms with Gasteiger partial charge in [0.15, 0.2) is 5.13 Å². The smallest absolute Gasteiger partial charge is 0.267 e. The number of carbonyl (C=O) groups excluding carboxylic acids is 2. The highest BCUT2D eigenvalue weighted by Gasteiger charge is 2.35. The number of anilines is 1. The average Bonchev–Trinajstić information content (AvgIpc) is 3.16. The summed E-state index contributed by atoms with van der Waals surface area (Å²) in [5, 5.41) is 3.88. The zero-order valence-corrected chi connectivity index (χ0v) is 14.4. The van der Waals surface area contributed by atoms with E-state index in [4.69, 9.17) is 0 Å². The van der Waals surface area contributed by atoms with Gasteiger partial charge >= 0.3 is 0 Å². The molecule has 2 amide bonds. The molecule has 0 atom stereocenters. The summed E-state index contributed by atoms with van der Waals surface area (Å²) in [6, 6.07) is 20.7. The topological polar surface area (TPSA) is 50.3 Å². The van der Waals surface area contributed by atoms with Gasteiger partial charge in [-0.3, -0.25) is 9.59 Å². The van der Waals surface area contributed by atoms with Gasteiger partial charge in [0.1, 0.15) is 0 Å². The number of nitrogens with zero attached hydrogens (tertiary/aromatic N) is 2. The van der Waals surface area contributed by atoms with Crippen molar-refractivity contribution in [1.29, 1.82) is 0 Å². The van der Waals surface area contributed by atoms with Gasteiger partial charge in [0.05, 0.1) is 5.69 Å². The number of aromatic nitrogens is 1. The highest BCUT2D eigenvalue weighted by molar-refractivity contribution is 7.14. The normalized spacial score (nSPS) is 13.5. The fourth-order valence-electron chi connectivity index (χ4n) is 3.31. The fraction of sp³-hybridized carbons (Fsp3) is 0. The van der Waals surface area contributed by atoms with Crippen molar-refractivity contribution in [2.75, 3.05) is 4.90 Å². The summed E-state index contributed by atoms with van der Waals surface area (Å²) in [6.07, 6.45) is 0. The maximum atomic E-state index is 13.0. The van der Waals surface area contributed by atoms with Crippen LogP contribution >= 0.6 is 11.3 Å². The van der Waals surface area contributed by atoms with Crippen LogP contribution in [-0.4, -0.2) is 16.8 Å². The van der Waals surface area contributed by atoms with Crippen molar-refractivity contribution in [3.8, 4) is 11.3 Å². The summed E-state index contributed by atoms with van der Waals surface area (Å²) in [5.41, 5.74) is 2.78. The molecule has 0 saturated heterocycles. The number of amides is 2. The number of rotatable bonds is 2. The molecule has 0 N–H and O–H groups in total. The minimum Gasteiger partial charge on any atom is -0.268 e. The second-order valence-corrected chi connectivity index (χ2v) is 6.87. The molecule has 26 heavy (non-hydrogen) atoms. The van der Waals surface area contributed by atoms with Crippen LogP contribution in [0.25, 0.3) is 22.0 Å². The zero-order chi connectivity index (χ0) is 17.7. The summed E-state index contributed by atoms with van der Waals surface area (Å²) in [4.78, 5) is 31.8. The molecule has 0 fully saturated rings. The summed E-state index contributed by atoms with van der Waals surface area (Å²) in [6.45, 7) is 0. The number of carbonyl (C=O) groups is 2. The number of imide groups is 1. The lowest BCUT2D eigenvalue weighted by Gasteiger charge is -2.25. The summed E-state index contributed by atoms with van der Waals surface area (Å²) in [5.74, 6) is -0.651. The molecule has 1 aliphatic heterocycles. The van der Waals surface area contributed by atoms with Crippen LogP contribution in [0.5, 0.6) is 0 Å². The van der Waals surface area contributed by atoms with Crippen molar-refractivity contribution in [2.24, 2.45) is 0 Å². The van der Waals surface area contributed by atoms with Crippen LogP contribution in [0.4, 0.5) is 5.13 Å². The Bertz CT molecular complexity index is 1130. The van der Waals surface area contributed by atoms with Gasteiger partial charge in [-0.15, -0.1) is 11.3 Å². The molecule has 0 saturated carbocycles. The van der Waals surface area contributed by atoms with E-state index in [9.17, 15) is 9.59 Å². The van der Waals surface area contributed by atoms with Gasteiger partial charge in [-0.25, -0.2) is 9.88 Å². The van der Waals surface area contributed by atoms with Gasteiger partial charge in [0.25, 0.3) is 11.8 Å². The second-order valence-electron chi connectivity index (χ2n) is 6.04. The van der Waals surface area contributed by atoms with E-state index in [2.05, 4.69) is 4.98 Å². The zero-order valence-electron chi connectivity index (χ0n) is 13.5. The van der Waals surface area contributed by atoms with E-state index in [0.29, 0.717) is 16.3 Å². The molecule has 0 radical (unpaired) electrons. The van der Waals surface area contributed by atoms with Crippen molar-refractivity contribution >= 4 is 39.1 Å². The molecule has 3 aromatic carbocycles. The Labute approximate surface area is 153 Å².